The molecule has 0 aromatic heterocycles. The van der Waals surface area contributed by atoms with E-state index in [1.165, 1.54) is 12.1 Å². The number of halogens is 2. The molecule has 2 rings (SSSR count). The van der Waals surface area contributed by atoms with Gasteiger partial charge in [0, 0.05) is 0 Å². The molecule has 0 spiro atoms. The van der Waals surface area contributed by atoms with Crippen LogP contribution in [0.15, 0.2) is 30.3 Å². The third kappa shape index (κ3) is 3.39. The first-order valence-electron chi connectivity index (χ1n) is 6.72. The highest BCUT2D eigenvalue weighted by Crippen LogP contribution is 2.25. The van der Waals surface area contributed by atoms with Gasteiger partial charge in [-0.3, -0.25) is 0 Å². The smallest absolute Gasteiger partial charge is 0.200 e. The van der Waals surface area contributed by atoms with E-state index < -0.39 is 17.7 Å². The summed E-state index contributed by atoms with van der Waals surface area (Å²) in [4.78, 5) is 0. The Labute approximate surface area is 123 Å². The van der Waals surface area contributed by atoms with Gasteiger partial charge in [-0.1, -0.05) is 23.8 Å². The molecular formula is C17H18F2O2. The molecule has 0 aliphatic heterocycles. The van der Waals surface area contributed by atoms with Gasteiger partial charge in [0.2, 0.25) is 5.82 Å². The first kappa shape index (κ1) is 15.4. The Kier molecular flexibility index (Phi) is 4.58. The molecule has 0 aliphatic rings. The zero-order chi connectivity index (χ0) is 15.6. The molecular weight excluding hydrogens is 274 g/mol. The number of hydrogen-bond acceptors (Lipinski definition) is 2. The molecule has 1 unspecified atom stereocenters. The van der Waals surface area contributed by atoms with Crippen molar-refractivity contribution in [1.29, 1.82) is 0 Å². The van der Waals surface area contributed by atoms with Gasteiger partial charge < -0.3 is 9.84 Å². The maximum absolute atomic E-state index is 13.5. The molecule has 0 radical (unpaired) electrons. The predicted octanol–water partition coefficient (Wildman–Crippen LogP) is 4.00. The van der Waals surface area contributed by atoms with Gasteiger partial charge in [-0.2, -0.15) is 4.39 Å². The summed E-state index contributed by atoms with van der Waals surface area (Å²) in [6.07, 6.45) is -0.895. The third-order valence-corrected chi connectivity index (χ3v) is 3.38. The van der Waals surface area contributed by atoms with Gasteiger partial charge in [0.25, 0.3) is 0 Å². The fourth-order valence-corrected chi connectivity index (χ4v) is 2.56. The van der Waals surface area contributed by atoms with E-state index in [-0.39, 0.29) is 12.4 Å². The van der Waals surface area contributed by atoms with Gasteiger partial charge in [-0.15, -0.1) is 0 Å². The topological polar surface area (TPSA) is 29.5 Å². The van der Waals surface area contributed by atoms with Crippen molar-refractivity contribution < 1.29 is 18.6 Å². The van der Waals surface area contributed by atoms with E-state index in [4.69, 9.17) is 4.74 Å². The van der Waals surface area contributed by atoms with Gasteiger partial charge in [-0.05, 0) is 49.6 Å². The molecule has 2 aromatic carbocycles. The van der Waals surface area contributed by atoms with Crippen molar-refractivity contribution in [3.8, 4) is 5.75 Å². The fraction of sp³-hybridized carbons (Fsp3) is 0.294. The quantitative estimate of drug-likeness (QED) is 0.923. The van der Waals surface area contributed by atoms with Crippen molar-refractivity contribution in [3.63, 3.8) is 0 Å². The highest BCUT2D eigenvalue weighted by Gasteiger charge is 2.16. The number of aliphatic hydroxyl groups is 1. The van der Waals surface area contributed by atoms with Crippen molar-refractivity contribution in [2.75, 3.05) is 6.61 Å². The summed E-state index contributed by atoms with van der Waals surface area (Å²) >= 11 is 0. The maximum atomic E-state index is 13.5. The van der Waals surface area contributed by atoms with Gasteiger partial charge in [-0.25, -0.2) is 4.39 Å². The Bertz CT molecular complexity index is 630. The van der Waals surface area contributed by atoms with Crippen LogP contribution in [0.1, 0.15) is 28.4 Å². The Morgan fingerprint density at radius 1 is 1.10 bits per heavy atom. The highest BCUT2D eigenvalue weighted by atomic mass is 19.2. The van der Waals surface area contributed by atoms with Gasteiger partial charge >= 0.3 is 0 Å². The summed E-state index contributed by atoms with van der Waals surface area (Å²) in [5.41, 5.74) is 3.77. The second-order valence-corrected chi connectivity index (χ2v) is 5.19. The van der Waals surface area contributed by atoms with E-state index >= 15 is 0 Å². The number of aryl methyl sites for hydroxylation is 3. The van der Waals surface area contributed by atoms with Crippen LogP contribution in [0.2, 0.25) is 0 Å². The Hall–Kier alpha value is -1.94. The van der Waals surface area contributed by atoms with Crippen LogP contribution in [0, 0.1) is 32.4 Å². The van der Waals surface area contributed by atoms with Crippen molar-refractivity contribution in [3.05, 3.63) is 64.2 Å². The molecule has 0 saturated carbocycles. The standard InChI is InChI=1S/C17H18F2O2/c1-10-7-11(2)16(12(3)8-10)14(20)9-21-15-6-4-5-13(18)17(15)19/h4-8,14,20H,9H2,1-3H3. The number of ether oxygens (including phenoxy) is 1. The molecule has 2 aromatic rings. The van der Waals surface area contributed by atoms with Crippen LogP contribution < -0.4 is 4.74 Å². The Balaban J connectivity index is 2.16. The molecule has 0 heterocycles. The van der Waals surface area contributed by atoms with Crippen LogP contribution in [0.25, 0.3) is 0 Å². The van der Waals surface area contributed by atoms with Crippen molar-refractivity contribution >= 4 is 0 Å². The second-order valence-electron chi connectivity index (χ2n) is 5.19. The Morgan fingerprint density at radius 2 is 1.71 bits per heavy atom. The average molecular weight is 292 g/mol. The van der Waals surface area contributed by atoms with Crippen molar-refractivity contribution in [2.24, 2.45) is 0 Å². The summed E-state index contributed by atoms with van der Waals surface area (Å²) in [5.74, 6) is -2.21. The fourth-order valence-electron chi connectivity index (χ4n) is 2.56. The lowest BCUT2D eigenvalue weighted by Crippen LogP contribution is -2.13. The molecule has 1 atom stereocenters. The predicted molar refractivity (Wildman–Crippen MR) is 77.5 cm³/mol. The molecule has 0 saturated heterocycles. The van der Waals surface area contributed by atoms with E-state index in [1.807, 2.05) is 32.9 Å². The van der Waals surface area contributed by atoms with E-state index in [9.17, 15) is 13.9 Å². The zero-order valence-electron chi connectivity index (χ0n) is 12.3. The van der Waals surface area contributed by atoms with E-state index in [0.717, 1.165) is 28.3 Å². The van der Waals surface area contributed by atoms with Crippen LogP contribution in [-0.2, 0) is 0 Å². The summed E-state index contributed by atoms with van der Waals surface area (Å²) in [6, 6.07) is 7.65. The molecule has 0 aliphatic carbocycles. The van der Waals surface area contributed by atoms with Gasteiger partial charge in [0.05, 0.1) is 0 Å². The summed E-state index contributed by atoms with van der Waals surface area (Å²) < 4.78 is 31.8. The molecule has 0 bridgehead atoms. The lowest BCUT2D eigenvalue weighted by Gasteiger charge is -2.18. The molecule has 21 heavy (non-hydrogen) atoms. The van der Waals surface area contributed by atoms with Crippen LogP contribution in [0.4, 0.5) is 8.78 Å². The first-order valence-corrected chi connectivity index (χ1v) is 6.72. The molecule has 1 N–H and O–H groups in total. The minimum atomic E-state index is -1.04. The van der Waals surface area contributed by atoms with Gasteiger partial charge in [0.15, 0.2) is 11.6 Å². The van der Waals surface area contributed by atoms with Crippen molar-refractivity contribution in [2.45, 2.75) is 26.9 Å². The van der Waals surface area contributed by atoms with Crippen LogP contribution in [0.3, 0.4) is 0 Å². The third-order valence-electron chi connectivity index (χ3n) is 3.38. The second kappa shape index (κ2) is 6.22. The number of benzene rings is 2. The lowest BCUT2D eigenvalue weighted by molar-refractivity contribution is 0.104. The minimum absolute atomic E-state index is 0.134. The summed E-state index contributed by atoms with van der Waals surface area (Å²) in [5, 5.41) is 10.3. The van der Waals surface area contributed by atoms with E-state index in [0.29, 0.717) is 0 Å². The normalized spacial score (nSPS) is 12.3. The lowest BCUT2D eigenvalue weighted by atomic mass is 9.96. The van der Waals surface area contributed by atoms with Crippen LogP contribution >= 0.6 is 0 Å². The average Bonchev–Trinajstić information content (AvgIpc) is 2.39. The highest BCUT2D eigenvalue weighted by molar-refractivity contribution is 5.39. The number of aliphatic hydroxyl groups excluding tert-OH is 1. The van der Waals surface area contributed by atoms with Gasteiger partial charge in [0.1, 0.15) is 12.7 Å². The number of hydrogen-bond donors (Lipinski definition) is 1. The SMILES string of the molecule is Cc1cc(C)c(C(O)COc2cccc(F)c2F)c(C)c1. The number of rotatable bonds is 4. The summed E-state index contributed by atoms with van der Waals surface area (Å²) in [6.45, 7) is 5.66. The van der Waals surface area contributed by atoms with Crippen LogP contribution in [0.5, 0.6) is 5.75 Å². The Morgan fingerprint density at radius 3 is 2.33 bits per heavy atom. The molecule has 4 heteroatoms. The van der Waals surface area contributed by atoms with E-state index in [1.54, 1.807) is 0 Å². The molecule has 112 valence electrons. The van der Waals surface area contributed by atoms with Crippen molar-refractivity contribution in [1.82, 2.24) is 0 Å². The largest absolute Gasteiger partial charge is 0.487 e. The first-order chi connectivity index (χ1) is 9.90. The molecule has 2 nitrogen and oxygen atoms in total. The minimum Gasteiger partial charge on any atom is -0.487 e. The monoisotopic (exact) mass is 292 g/mol. The molecule has 0 amide bonds. The van der Waals surface area contributed by atoms with E-state index in [2.05, 4.69) is 0 Å². The van der Waals surface area contributed by atoms with Crippen LogP contribution in [-0.4, -0.2) is 11.7 Å². The zero-order valence-corrected chi connectivity index (χ0v) is 12.3. The molecule has 0 fully saturated rings. The summed E-state index contributed by atoms with van der Waals surface area (Å²) in [7, 11) is 0. The maximum Gasteiger partial charge on any atom is 0.200 e.